The number of carbonyl (C=O) groups is 4. The minimum Gasteiger partial charge on any atom is -0.371 e. The van der Waals surface area contributed by atoms with Crippen molar-refractivity contribution in [2.45, 2.75) is 55.5 Å². The molecule has 2 N–H and O–H groups in total. The SMILES string of the molecule is O=C1CCC(N2C(=O)c3cc(F)c(N4CCN(CC5CCN(c6cccc(S(=O)(=O)N7CCC(Nc8ncc(Cl)cn8)CC7)c6)CC5)CC4)cc3C2=O)C(=O)N1. The summed E-state index contributed by atoms with van der Waals surface area (Å²) in [5.41, 5.74) is 1.13. The molecule has 56 heavy (non-hydrogen) atoms. The highest BCUT2D eigenvalue weighted by Crippen LogP contribution is 2.34. The Morgan fingerprint density at radius 2 is 1.50 bits per heavy atom. The van der Waals surface area contributed by atoms with E-state index in [4.69, 9.17) is 11.6 Å². The summed E-state index contributed by atoms with van der Waals surface area (Å²) in [7, 11) is -3.66. The van der Waals surface area contributed by atoms with Crippen LogP contribution in [0.15, 0.2) is 53.7 Å². The first kappa shape index (κ1) is 38.2. The van der Waals surface area contributed by atoms with Gasteiger partial charge in [0.05, 0.1) is 39.1 Å². The second-order valence-corrected chi connectivity index (χ2v) is 17.4. The van der Waals surface area contributed by atoms with E-state index in [1.807, 2.05) is 17.0 Å². The fraction of sp³-hybridized carbons (Fsp3) is 0.474. The molecule has 3 aromatic rings. The second kappa shape index (κ2) is 15.7. The Bertz CT molecular complexity index is 2140. The minimum atomic E-state index is -3.66. The van der Waals surface area contributed by atoms with Gasteiger partial charge in [-0.05, 0) is 68.4 Å². The van der Waals surface area contributed by atoms with Gasteiger partial charge in [-0.15, -0.1) is 0 Å². The summed E-state index contributed by atoms with van der Waals surface area (Å²) in [6.07, 6.45) is 6.27. The van der Waals surface area contributed by atoms with Crippen molar-refractivity contribution in [3.05, 3.63) is 70.8 Å². The van der Waals surface area contributed by atoms with E-state index < -0.39 is 45.5 Å². The van der Waals surface area contributed by atoms with E-state index in [9.17, 15) is 27.6 Å². The molecule has 15 nitrogen and oxygen atoms in total. The van der Waals surface area contributed by atoms with E-state index in [1.54, 1.807) is 16.4 Å². The summed E-state index contributed by atoms with van der Waals surface area (Å²) in [5, 5.41) is 5.90. The van der Waals surface area contributed by atoms with Crippen molar-refractivity contribution >= 4 is 62.6 Å². The molecule has 2 aromatic carbocycles. The number of hydrogen-bond donors (Lipinski definition) is 2. The lowest BCUT2D eigenvalue weighted by Crippen LogP contribution is -2.54. The van der Waals surface area contributed by atoms with Crippen LogP contribution in [0.5, 0.6) is 0 Å². The fourth-order valence-electron chi connectivity index (χ4n) is 8.43. The Hall–Kier alpha value is -4.71. The maximum atomic E-state index is 15.4. The third-order valence-electron chi connectivity index (χ3n) is 11.6. The van der Waals surface area contributed by atoms with Crippen LogP contribution in [0.2, 0.25) is 5.02 Å². The Morgan fingerprint density at radius 1 is 0.821 bits per heavy atom. The first-order valence-corrected chi connectivity index (χ1v) is 20.9. The molecule has 1 unspecified atom stereocenters. The molecule has 0 radical (unpaired) electrons. The van der Waals surface area contributed by atoms with Crippen molar-refractivity contribution in [2.75, 3.05) is 74.0 Å². The average molecular weight is 808 g/mol. The number of fused-ring (bicyclic) bond motifs is 1. The third kappa shape index (κ3) is 7.69. The molecule has 0 saturated carbocycles. The molecule has 1 atom stereocenters. The zero-order chi connectivity index (χ0) is 39.1. The third-order valence-corrected chi connectivity index (χ3v) is 13.7. The molecule has 18 heteroatoms. The maximum Gasteiger partial charge on any atom is 0.262 e. The van der Waals surface area contributed by atoms with Crippen molar-refractivity contribution < 1.29 is 32.0 Å². The molecule has 5 aliphatic heterocycles. The normalized spacial score (nSPS) is 22.1. The number of piperazine rings is 1. The first-order valence-electron chi connectivity index (χ1n) is 19.1. The number of nitrogens with zero attached hydrogens (tertiary/aromatic N) is 7. The van der Waals surface area contributed by atoms with Crippen LogP contribution in [0.3, 0.4) is 0 Å². The number of imide groups is 2. The Labute approximate surface area is 329 Å². The number of amides is 4. The van der Waals surface area contributed by atoms with Crippen molar-refractivity contribution in [3.8, 4) is 0 Å². The summed E-state index contributed by atoms with van der Waals surface area (Å²) in [4.78, 5) is 66.4. The summed E-state index contributed by atoms with van der Waals surface area (Å²) in [6.45, 7) is 5.78. The Kier molecular flexibility index (Phi) is 10.7. The van der Waals surface area contributed by atoms with Gasteiger partial charge in [-0.25, -0.2) is 22.8 Å². The van der Waals surface area contributed by atoms with Gasteiger partial charge in [-0.2, -0.15) is 4.31 Å². The first-order chi connectivity index (χ1) is 26.9. The van der Waals surface area contributed by atoms with Gasteiger partial charge in [0, 0.05) is 77.1 Å². The average Bonchev–Trinajstić information content (AvgIpc) is 3.43. The fourth-order valence-corrected chi connectivity index (χ4v) is 10.0. The van der Waals surface area contributed by atoms with Crippen molar-refractivity contribution in [1.82, 2.24) is 29.4 Å². The lowest BCUT2D eigenvalue weighted by molar-refractivity contribution is -0.136. The van der Waals surface area contributed by atoms with Crippen LogP contribution in [0, 0.1) is 11.7 Å². The quantitative estimate of drug-likeness (QED) is 0.304. The van der Waals surface area contributed by atoms with Crippen LogP contribution in [-0.2, 0) is 19.6 Å². The number of hydrogen-bond acceptors (Lipinski definition) is 12. The molecule has 0 bridgehead atoms. The van der Waals surface area contributed by atoms with Gasteiger partial charge in [0.15, 0.2) is 0 Å². The molecular weight excluding hydrogens is 765 g/mol. The van der Waals surface area contributed by atoms with Gasteiger partial charge in [0.25, 0.3) is 11.8 Å². The second-order valence-electron chi connectivity index (χ2n) is 15.1. The molecule has 296 valence electrons. The van der Waals surface area contributed by atoms with E-state index >= 15 is 4.39 Å². The number of sulfonamides is 1. The summed E-state index contributed by atoms with van der Waals surface area (Å²) < 4.78 is 44.3. The monoisotopic (exact) mass is 807 g/mol. The Balaban J connectivity index is 0.814. The van der Waals surface area contributed by atoms with Gasteiger partial charge in [0.1, 0.15) is 11.9 Å². The van der Waals surface area contributed by atoms with E-state index in [0.717, 1.165) is 49.1 Å². The van der Waals surface area contributed by atoms with Crippen LogP contribution in [0.1, 0.15) is 59.2 Å². The summed E-state index contributed by atoms with van der Waals surface area (Å²) in [6, 6.07) is 8.69. The van der Waals surface area contributed by atoms with Crippen molar-refractivity contribution in [2.24, 2.45) is 5.92 Å². The van der Waals surface area contributed by atoms with Crippen molar-refractivity contribution in [3.63, 3.8) is 0 Å². The zero-order valence-electron chi connectivity index (χ0n) is 30.7. The smallest absolute Gasteiger partial charge is 0.262 e. The van der Waals surface area contributed by atoms with Gasteiger partial charge >= 0.3 is 0 Å². The van der Waals surface area contributed by atoms with Crippen molar-refractivity contribution in [1.29, 1.82) is 0 Å². The number of carbonyl (C=O) groups excluding carboxylic acids is 4. The predicted molar refractivity (Wildman–Crippen MR) is 206 cm³/mol. The Morgan fingerprint density at radius 3 is 2.18 bits per heavy atom. The molecule has 6 heterocycles. The van der Waals surface area contributed by atoms with Gasteiger partial charge in [-0.3, -0.25) is 34.3 Å². The van der Waals surface area contributed by atoms with Crippen LogP contribution < -0.4 is 20.4 Å². The molecule has 4 amide bonds. The highest BCUT2D eigenvalue weighted by Gasteiger charge is 2.45. The summed E-state index contributed by atoms with van der Waals surface area (Å²) >= 11 is 5.88. The molecule has 0 spiro atoms. The number of anilines is 3. The van der Waals surface area contributed by atoms with Crippen LogP contribution >= 0.6 is 11.6 Å². The van der Waals surface area contributed by atoms with E-state index in [1.165, 1.54) is 18.5 Å². The number of piperidine rings is 3. The molecule has 0 aliphatic carbocycles. The lowest BCUT2D eigenvalue weighted by Gasteiger charge is -2.40. The molecule has 4 fully saturated rings. The topological polar surface area (TPSA) is 168 Å². The zero-order valence-corrected chi connectivity index (χ0v) is 32.3. The summed E-state index contributed by atoms with van der Waals surface area (Å²) in [5.74, 6) is -2.22. The molecule has 1 aromatic heterocycles. The standard InChI is InChI=1S/C38H43ClFN9O6S/c39-25-21-41-38(42-22-25)43-26-8-12-48(13-9-26)56(54,55)28-3-1-2-27(18-28)46-10-6-24(7-11-46)23-45-14-16-47(17-15-45)33-20-30-29(19-31(33)40)36(52)49(37(30)53)32-4-5-34(50)44-35(32)51/h1-3,18-22,24,26,32H,4-17,23H2,(H,41,42,43)(H,44,50,51). The maximum absolute atomic E-state index is 15.4. The largest absolute Gasteiger partial charge is 0.371 e. The van der Waals surface area contributed by atoms with Gasteiger partial charge < -0.3 is 15.1 Å². The van der Waals surface area contributed by atoms with Crippen LogP contribution in [0.25, 0.3) is 0 Å². The van der Waals surface area contributed by atoms with Gasteiger partial charge in [0.2, 0.25) is 27.8 Å². The minimum absolute atomic E-state index is 0.0105. The van der Waals surface area contributed by atoms with Gasteiger partial charge in [-0.1, -0.05) is 17.7 Å². The van der Waals surface area contributed by atoms with E-state index in [0.29, 0.717) is 73.9 Å². The van der Waals surface area contributed by atoms with Crippen LogP contribution in [0.4, 0.5) is 21.7 Å². The molecule has 4 saturated heterocycles. The highest BCUT2D eigenvalue weighted by molar-refractivity contribution is 7.89. The number of nitrogens with one attached hydrogen (secondary N) is 2. The molecule has 8 rings (SSSR count). The highest BCUT2D eigenvalue weighted by atomic mass is 35.5. The lowest BCUT2D eigenvalue weighted by atomic mass is 9.95. The number of benzene rings is 2. The number of aromatic nitrogens is 2. The number of rotatable bonds is 9. The predicted octanol–water partition coefficient (Wildman–Crippen LogP) is 2.97. The van der Waals surface area contributed by atoms with E-state index in [-0.39, 0.29) is 35.7 Å². The van der Waals surface area contributed by atoms with Crippen LogP contribution in [-0.4, -0.2) is 127 Å². The molecular formula is C38H43ClFN9O6S. The number of halogens is 2. The van der Waals surface area contributed by atoms with E-state index in [2.05, 4.69) is 30.4 Å². The molecule has 5 aliphatic rings.